The second kappa shape index (κ2) is 5.47. The molecule has 19 heavy (non-hydrogen) atoms. The number of carbonyl (C=O) groups excluding carboxylic acids is 1. The van der Waals surface area contributed by atoms with E-state index in [9.17, 15) is 9.90 Å². The molecule has 1 aliphatic rings. The standard InChI is InChI=1S/C15H24N2O2/c1-11-9-13(12(2)16-11)14(18)10-17-7-4-5-15(3,19)6-8-17/h9,16,19H,4-8,10H2,1-3H3. The summed E-state index contributed by atoms with van der Waals surface area (Å²) in [5.41, 5.74) is 2.20. The summed E-state index contributed by atoms with van der Waals surface area (Å²) in [4.78, 5) is 17.6. The molecular weight excluding hydrogens is 240 g/mol. The molecule has 0 amide bonds. The molecule has 0 aliphatic carbocycles. The Bertz CT molecular complexity index is 463. The molecule has 4 nitrogen and oxygen atoms in total. The molecule has 0 saturated carbocycles. The SMILES string of the molecule is Cc1cc(C(=O)CN2CCCC(C)(O)CC2)c(C)[nH]1. The average Bonchev–Trinajstić information content (AvgIpc) is 2.55. The zero-order valence-corrected chi connectivity index (χ0v) is 12.1. The van der Waals surface area contributed by atoms with Gasteiger partial charge in [-0.2, -0.15) is 0 Å². The highest BCUT2D eigenvalue weighted by Gasteiger charge is 2.26. The van der Waals surface area contributed by atoms with Crippen LogP contribution in [-0.4, -0.2) is 46.0 Å². The fourth-order valence-corrected chi connectivity index (χ4v) is 2.78. The van der Waals surface area contributed by atoms with E-state index >= 15 is 0 Å². The van der Waals surface area contributed by atoms with Crippen LogP contribution < -0.4 is 0 Å². The second-order valence-corrected chi connectivity index (χ2v) is 6.04. The first kappa shape index (κ1) is 14.3. The maximum absolute atomic E-state index is 12.3. The van der Waals surface area contributed by atoms with Crippen LogP contribution in [0.1, 0.15) is 47.9 Å². The minimum absolute atomic E-state index is 0.170. The van der Waals surface area contributed by atoms with Gasteiger partial charge in [-0.15, -0.1) is 0 Å². The van der Waals surface area contributed by atoms with Crippen LogP contribution in [0.4, 0.5) is 0 Å². The van der Waals surface area contributed by atoms with Gasteiger partial charge in [0.15, 0.2) is 5.78 Å². The molecule has 1 unspecified atom stereocenters. The Labute approximate surface area is 114 Å². The number of likely N-dealkylation sites (tertiary alicyclic amines) is 1. The lowest BCUT2D eigenvalue weighted by Gasteiger charge is -2.21. The van der Waals surface area contributed by atoms with Crippen molar-refractivity contribution in [1.82, 2.24) is 9.88 Å². The van der Waals surface area contributed by atoms with E-state index in [-0.39, 0.29) is 5.78 Å². The third-order valence-electron chi connectivity index (χ3n) is 3.97. The van der Waals surface area contributed by atoms with E-state index in [2.05, 4.69) is 9.88 Å². The molecule has 0 aromatic carbocycles. The van der Waals surface area contributed by atoms with Gasteiger partial charge in [0, 0.05) is 23.5 Å². The number of H-pyrrole nitrogens is 1. The van der Waals surface area contributed by atoms with E-state index in [1.165, 1.54) is 0 Å². The van der Waals surface area contributed by atoms with Crippen molar-refractivity contribution >= 4 is 5.78 Å². The number of hydrogen-bond acceptors (Lipinski definition) is 3. The molecule has 2 N–H and O–H groups in total. The zero-order valence-electron chi connectivity index (χ0n) is 12.1. The zero-order chi connectivity index (χ0) is 14.0. The van der Waals surface area contributed by atoms with Crippen LogP contribution in [0.15, 0.2) is 6.07 Å². The molecule has 106 valence electrons. The topological polar surface area (TPSA) is 56.3 Å². The summed E-state index contributed by atoms with van der Waals surface area (Å²) in [7, 11) is 0. The molecule has 0 radical (unpaired) electrons. The molecule has 1 aromatic rings. The number of carbonyl (C=O) groups is 1. The lowest BCUT2D eigenvalue weighted by atomic mass is 9.98. The lowest BCUT2D eigenvalue weighted by molar-refractivity contribution is 0.0444. The van der Waals surface area contributed by atoms with Crippen molar-refractivity contribution in [1.29, 1.82) is 0 Å². The number of nitrogens with one attached hydrogen (secondary N) is 1. The Kier molecular flexibility index (Phi) is 4.11. The molecule has 0 spiro atoms. The predicted octanol–water partition coefficient (Wildman–Crippen LogP) is 2.05. The molecule has 2 rings (SSSR count). The van der Waals surface area contributed by atoms with Gasteiger partial charge in [0.1, 0.15) is 0 Å². The third kappa shape index (κ3) is 3.67. The van der Waals surface area contributed by atoms with Crippen molar-refractivity contribution in [3.05, 3.63) is 23.0 Å². The van der Waals surface area contributed by atoms with Crippen molar-refractivity contribution in [2.45, 2.75) is 45.6 Å². The number of nitrogens with zero attached hydrogens (tertiary/aromatic N) is 1. The van der Waals surface area contributed by atoms with Crippen molar-refractivity contribution < 1.29 is 9.90 Å². The van der Waals surface area contributed by atoms with E-state index in [0.29, 0.717) is 6.54 Å². The number of hydrogen-bond donors (Lipinski definition) is 2. The molecule has 0 bridgehead atoms. The molecule has 1 fully saturated rings. The van der Waals surface area contributed by atoms with Crippen LogP contribution in [0.25, 0.3) is 0 Å². The van der Waals surface area contributed by atoms with E-state index in [1.807, 2.05) is 26.8 Å². The van der Waals surface area contributed by atoms with Gasteiger partial charge in [0.2, 0.25) is 0 Å². The van der Waals surface area contributed by atoms with Crippen molar-refractivity contribution in [3.8, 4) is 0 Å². The van der Waals surface area contributed by atoms with Gasteiger partial charge < -0.3 is 10.1 Å². The predicted molar refractivity (Wildman–Crippen MR) is 75.5 cm³/mol. The summed E-state index contributed by atoms with van der Waals surface area (Å²) in [6.07, 6.45) is 2.51. The fraction of sp³-hybridized carbons (Fsp3) is 0.667. The highest BCUT2D eigenvalue weighted by atomic mass is 16.3. The van der Waals surface area contributed by atoms with E-state index in [4.69, 9.17) is 0 Å². The quantitative estimate of drug-likeness (QED) is 0.822. The van der Waals surface area contributed by atoms with Crippen LogP contribution in [0.2, 0.25) is 0 Å². The molecule has 1 aromatic heterocycles. The summed E-state index contributed by atoms with van der Waals surface area (Å²) in [6, 6.07) is 1.92. The summed E-state index contributed by atoms with van der Waals surface area (Å²) in [5, 5.41) is 10.1. The monoisotopic (exact) mass is 264 g/mol. The summed E-state index contributed by atoms with van der Waals surface area (Å²) in [6.45, 7) is 7.93. The van der Waals surface area contributed by atoms with Crippen LogP contribution in [-0.2, 0) is 0 Å². The van der Waals surface area contributed by atoms with Crippen LogP contribution in [0, 0.1) is 13.8 Å². The van der Waals surface area contributed by atoms with Gasteiger partial charge in [-0.1, -0.05) is 0 Å². The first-order valence-electron chi connectivity index (χ1n) is 7.01. The summed E-state index contributed by atoms with van der Waals surface area (Å²) >= 11 is 0. The van der Waals surface area contributed by atoms with E-state index in [1.54, 1.807) is 0 Å². The minimum atomic E-state index is -0.571. The first-order chi connectivity index (χ1) is 8.87. The normalized spacial score (nSPS) is 25.3. The fourth-order valence-electron chi connectivity index (χ4n) is 2.78. The number of aromatic amines is 1. The first-order valence-corrected chi connectivity index (χ1v) is 7.01. The third-order valence-corrected chi connectivity index (χ3v) is 3.97. The second-order valence-electron chi connectivity index (χ2n) is 6.04. The number of Topliss-reactive ketones (excluding diaryl/α,β-unsaturated/α-hetero) is 1. The molecule has 2 heterocycles. The number of rotatable bonds is 3. The van der Waals surface area contributed by atoms with Crippen LogP contribution in [0.5, 0.6) is 0 Å². The highest BCUT2D eigenvalue weighted by Crippen LogP contribution is 2.21. The number of aryl methyl sites for hydroxylation is 2. The maximum Gasteiger partial charge on any atom is 0.178 e. The molecular formula is C15H24N2O2. The van der Waals surface area contributed by atoms with Crippen molar-refractivity contribution in [2.24, 2.45) is 0 Å². The molecule has 1 aliphatic heterocycles. The van der Waals surface area contributed by atoms with E-state index < -0.39 is 5.60 Å². The van der Waals surface area contributed by atoms with E-state index in [0.717, 1.165) is 49.3 Å². The average molecular weight is 264 g/mol. The van der Waals surface area contributed by atoms with Gasteiger partial charge in [0.25, 0.3) is 0 Å². The maximum atomic E-state index is 12.3. The smallest absolute Gasteiger partial charge is 0.178 e. The Hall–Kier alpha value is -1.13. The number of aliphatic hydroxyl groups is 1. The molecule has 1 saturated heterocycles. The highest BCUT2D eigenvalue weighted by molar-refractivity contribution is 5.98. The van der Waals surface area contributed by atoms with Crippen LogP contribution >= 0.6 is 0 Å². The lowest BCUT2D eigenvalue weighted by Crippen LogP contribution is -2.32. The van der Waals surface area contributed by atoms with Gasteiger partial charge in [-0.25, -0.2) is 0 Å². The summed E-state index contributed by atoms with van der Waals surface area (Å²) in [5.74, 6) is 0.170. The van der Waals surface area contributed by atoms with Gasteiger partial charge in [-0.3, -0.25) is 9.69 Å². The number of ketones is 1. The Morgan fingerprint density at radius 3 is 2.79 bits per heavy atom. The van der Waals surface area contributed by atoms with Crippen molar-refractivity contribution in [3.63, 3.8) is 0 Å². The molecule has 4 heteroatoms. The minimum Gasteiger partial charge on any atom is -0.390 e. The number of aromatic nitrogens is 1. The van der Waals surface area contributed by atoms with Crippen LogP contribution in [0.3, 0.4) is 0 Å². The van der Waals surface area contributed by atoms with Gasteiger partial charge in [0.05, 0.1) is 12.1 Å². The Balaban J connectivity index is 1.97. The van der Waals surface area contributed by atoms with Gasteiger partial charge >= 0.3 is 0 Å². The van der Waals surface area contributed by atoms with Crippen molar-refractivity contribution in [2.75, 3.05) is 19.6 Å². The largest absolute Gasteiger partial charge is 0.390 e. The molecule has 1 atom stereocenters. The Morgan fingerprint density at radius 2 is 2.16 bits per heavy atom. The summed E-state index contributed by atoms with van der Waals surface area (Å²) < 4.78 is 0. The van der Waals surface area contributed by atoms with Gasteiger partial charge in [-0.05, 0) is 52.6 Å². The Morgan fingerprint density at radius 1 is 1.42 bits per heavy atom.